The van der Waals surface area contributed by atoms with Crippen LogP contribution in [0.5, 0.6) is 0 Å². The van der Waals surface area contributed by atoms with E-state index in [0.717, 1.165) is 64.3 Å². The van der Waals surface area contributed by atoms with E-state index >= 15 is 0 Å². The molecule has 1 amide bonds. The number of carbonyl (C=O) groups excluding carboxylic acids is 1. The smallest absolute Gasteiger partial charge is 0.224 e. The molecule has 0 aliphatic carbocycles. The maximum atomic E-state index is 12.5. The Morgan fingerprint density at radius 1 is 1.15 bits per heavy atom. The summed E-state index contributed by atoms with van der Waals surface area (Å²) >= 11 is 12.6. The Bertz CT molecular complexity index is 588. The van der Waals surface area contributed by atoms with Gasteiger partial charge in [0.15, 0.2) is 0 Å². The van der Waals surface area contributed by atoms with Crippen LogP contribution in [-0.4, -0.2) is 68.2 Å². The van der Waals surface area contributed by atoms with Crippen LogP contribution in [0, 0.1) is 5.92 Å². The summed E-state index contributed by atoms with van der Waals surface area (Å²) in [5.41, 5.74) is 0.948. The van der Waals surface area contributed by atoms with Gasteiger partial charge < -0.3 is 10.1 Å². The highest BCUT2D eigenvalue weighted by Crippen LogP contribution is 2.27. The summed E-state index contributed by atoms with van der Waals surface area (Å²) in [5, 5.41) is 4.49. The second-order valence-corrected chi connectivity index (χ2v) is 7.83. The first-order valence-electron chi connectivity index (χ1n) is 9.36. The highest BCUT2D eigenvalue weighted by Gasteiger charge is 2.26. The summed E-state index contributed by atoms with van der Waals surface area (Å²) in [6.07, 6.45) is 1.96. The largest absolute Gasteiger partial charge is 0.379 e. The number of piperidine rings is 1. The van der Waals surface area contributed by atoms with Gasteiger partial charge in [0.25, 0.3) is 0 Å². The molecule has 2 heterocycles. The molecule has 2 aliphatic rings. The third-order valence-corrected chi connectivity index (χ3v) is 5.86. The van der Waals surface area contributed by atoms with Crippen molar-refractivity contribution in [2.24, 2.45) is 5.92 Å². The predicted molar refractivity (Wildman–Crippen MR) is 105 cm³/mol. The molecular formula is C19H27Cl2N3O2. The molecule has 26 heavy (non-hydrogen) atoms. The van der Waals surface area contributed by atoms with Crippen LogP contribution >= 0.6 is 23.2 Å². The number of hydrogen-bond acceptors (Lipinski definition) is 4. The minimum Gasteiger partial charge on any atom is -0.379 e. The van der Waals surface area contributed by atoms with Gasteiger partial charge in [-0.2, -0.15) is 0 Å². The monoisotopic (exact) mass is 399 g/mol. The second-order valence-electron chi connectivity index (χ2n) is 7.02. The number of carbonyl (C=O) groups is 1. The van der Waals surface area contributed by atoms with E-state index in [-0.39, 0.29) is 11.8 Å². The van der Waals surface area contributed by atoms with Gasteiger partial charge in [0.1, 0.15) is 0 Å². The Hall–Kier alpha value is -0.850. The number of nitrogens with zero attached hydrogens (tertiary/aromatic N) is 2. The lowest BCUT2D eigenvalue weighted by molar-refractivity contribution is -0.126. The van der Waals surface area contributed by atoms with Crippen molar-refractivity contribution >= 4 is 29.1 Å². The van der Waals surface area contributed by atoms with E-state index in [2.05, 4.69) is 15.1 Å². The molecule has 0 spiro atoms. The number of halogens is 2. The molecule has 2 fully saturated rings. The Morgan fingerprint density at radius 2 is 1.88 bits per heavy atom. The van der Waals surface area contributed by atoms with Crippen molar-refractivity contribution in [3.8, 4) is 0 Å². The molecule has 0 aromatic heterocycles. The third-order valence-electron chi connectivity index (χ3n) is 5.15. The number of amides is 1. The fraction of sp³-hybridized carbons (Fsp3) is 0.632. The van der Waals surface area contributed by atoms with Crippen LogP contribution in [0.4, 0.5) is 0 Å². The summed E-state index contributed by atoms with van der Waals surface area (Å²) in [4.78, 5) is 17.1. The molecule has 2 saturated heterocycles. The van der Waals surface area contributed by atoms with Crippen LogP contribution in [0.2, 0.25) is 10.0 Å². The van der Waals surface area contributed by atoms with E-state index in [1.165, 1.54) is 0 Å². The topological polar surface area (TPSA) is 44.8 Å². The molecule has 0 unspecified atom stereocenters. The minimum absolute atomic E-state index is 0.0368. The first kappa shape index (κ1) is 19.9. The van der Waals surface area contributed by atoms with Crippen molar-refractivity contribution in [2.75, 3.05) is 52.5 Å². The van der Waals surface area contributed by atoms with Crippen molar-refractivity contribution in [3.05, 3.63) is 33.8 Å². The SMILES string of the molecule is O=C(NCCN1CCOCC1)[C@@H]1CCCN(Cc2c(Cl)cccc2Cl)C1. The molecule has 1 aromatic rings. The number of likely N-dealkylation sites (tertiary alicyclic amines) is 1. The number of nitrogens with one attached hydrogen (secondary N) is 1. The lowest BCUT2D eigenvalue weighted by Gasteiger charge is -2.32. The minimum atomic E-state index is 0.0368. The van der Waals surface area contributed by atoms with Gasteiger partial charge >= 0.3 is 0 Å². The molecular weight excluding hydrogens is 373 g/mol. The van der Waals surface area contributed by atoms with E-state index in [1.54, 1.807) is 0 Å². The summed E-state index contributed by atoms with van der Waals surface area (Å²) in [5.74, 6) is 0.197. The van der Waals surface area contributed by atoms with Gasteiger partial charge in [-0.05, 0) is 31.5 Å². The van der Waals surface area contributed by atoms with Crippen LogP contribution in [0.15, 0.2) is 18.2 Å². The van der Waals surface area contributed by atoms with Crippen LogP contribution < -0.4 is 5.32 Å². The Kier molecular flexibility index (Phi) is 7.58. The number of benzene rings is 1. The van der Waals surface area contributed by atoms with Crippen molar-refractivity contribution in [2.45, 2.75) is 19.4 Å². The molecule has 2 aliphatic heterocycles. The quantitative estimate of drug-likeness (QED) is 0.798. The van der Waals surface area contributed by atoms with E-state index < -0.39 is 0 Å². The standard InChI is InChI=1S/C19H27Cl2N3O2/c20-17-4-1-5-18(21)16(17)14-24-7-2-3-15(13-24)19(25)22-6-8-23-9-11-26-12-10-23/h1,4-5,15H,2-3,6-14H2,(H,22,25)/t15-/m1/s1. The van der Waals surface area contributed by atoms with Gasteiger partial charge in [0.05, 0.1) is 19.1 Å². The van der Waals surface area contributed by atoms with Gasteiger partial charge in [0, 0.05) is 54.9 Å². The van der Waals surface area contributed by atoms with E-state index in [1.807, 2.05) is 18.2 Å². The van der Waals surface area contributed by atoms with E-state index in [0.29, 0.717) is 23.1 Å². The molecule has 7 heteroatoms. The average molecular weight is 400 g/mol. The van der Waals surface area contributed by atoms with Gasteiger partial charge in [0.2, 0.25) is 5.91 Å². The van der Waals surface area contributed by atoms with E-state index in [9.17, 15) is 4.79 Å². The van der Waals surface area contributed by atoms with Crippen molar-refractivity contribution in [1.82, 2.24) is 15.1 Å². The van der Waals surface area contributed by atoms with Crippen molar-refractivity contribution < 1.29 is 9.53 Å². The first-order chi connectivity index (χ1) is 12.6. The van der Waals surface area contributed by atoms with Gasteiger partial charge in [-0.25, -0.2) is 0 Å². The molecule has 5 nitrogen and oxygen atoms in total. The second kappa shape index (κ2) is 9.90. The predicted octanol–water partition coefficient (Wildman–Crippen LogP) is 2.65. The summed E-state index contributed by atoms with van der Waals surface area (Å²) in [6, 6.07) is 5.58. The van der Waals surface area contributed by atoms with Crippen molar-refractivity contribution in [1.29, 1.82) is 0 Å². The molecule has 0 bridgehead atoms. The zero-order valence-electron chi connectivity index (χ0n) is 15.1. The zero-order valence-corrected chi connectivity index (χ0v) is 16.6. The lowest BCUT2D eigenvalue weighted by Crippen LogP contribution is -2.45. The molecule has 1 N–H and O–H groups in total. The zero-order chi connectivity index (χ0) is 18.4. The number of morpholine rings is 1. The highest BCUT2D eigenvalue weighted by molar-refractivity contribution is 6.35. The van der Waals surface area contributed by atoms with Crippen LogP contribution in [0.3, 0.4) is 0 Å². The Morgan fingerprint density at radius 3 is 2.62 bits per heavy atom. The van der Waals surface area contributed by atoms with Crippen LogP contribution in [0.25, 0.3) is 0 Å². The molecule has 0 saturated carbocycles. The molecule has 0 radical (unpaired) electrons. The number of hydrogen-bond donors (Lipinski definition) is 1. The van der Waals surface area contributed by atoms with Crippen LogP contribution in [-0.2, 0) is 16.1 Å². The first-order valence-corrected chi connectivity index (χ1v) is 10.1. The Labute approximate surface area is 165 Å². The van der Waals surface area contributed by atoms with Gasteiger partial charge in [-0.3, -0.25) is 14.6 Å². The van der Waals surface area contributed by atoms with Crippen LogP contribution in [0.1, 0.15) is 18.4 Å². The highest BCUT2D eigenvalue weighted by atomic mass is 35.5. The summed E-state index contributed by atoms with van der Waals surface area (Å²) < 4.78 is 5.35. The fourth-order valence-electron chi connectivity index (χ4n) is 3.63. The Balaban J connectivity index is 1.45. The molecule has 1 atom stereocenters. The number of ether oxygens (including phenoxy) is 1. The van der Waals surface area contributed by atoms with Gasteiger partial charge in [-0.1, -0.05) is 29.3 Å². The lowest BCUT2D eigenvalue weighted by atomic mass is 9.96. The molecule has 1 aromatic carbocycles. The fourth-order valence-corrected chi connectivity index (χ4v) is 4.14. The van der Waals surface area contributed by atoms with Crippen molar-refractivity contribution in [3.63, 3.8) is 0 Å². The summed E-state index contributed by atoms with van der Waals surface area (Å²) in [6.45, 7) is 7.48. The third kappa shape index (κ3) is 5.57. The van der Waals surface area contributed by atoms with E-state index in [4.69, 9.17) is 27.9 Å². The average Bonchev–Trinajstić information content (AvgIpc) is 2.66. The summed E-state index contributed by atoms with van der Waals surface area (Å²) in [7, 11) is 0. The maximum absolute atomic E-state index is 12.5. The molecule has 3 rings (SSSR count). The maximum Gasteiger partial charge on any atom is 0.224 e. The molecule has 144 valence electrons. The number of rotatable bonds is 6. The van der Waals surface area contributed by atoms with Gasteiger partial charge in [-0.15, -0.1) is 0 Å². The normalized spacial score (nSPS) is 22.3.